The summed E-state index contributed by atoms with van der Waals surface area (Å²) in [6, 6.07) is 0. The summed E-state index contributed by atoms with van der Waals surface area (Å²) in [6.45, 7) is 6.11. The van der Waals surface area contributed by atoms with Crippen LogP contribution in [-0.4, -0.2) is 32.8 Å². The Labute approximate surface area is 130 Å². The highest BCUT2D eigenvalue weighted by atomic mass is 32.2. The standard InChI is InChI=1S/C15H24O3S2/c1-4-7-11(16)14-12(17)8-10(9-13(14)18)15(19-5-2)20-6-3/h10,15-16H,4-9H2,1-3H3. The fourth-order valence-corrected chi connectivity index (χ4v) is 5.22. The number of hydrogen-bond acceptors (Lipinski definition) is 5. The van der Waals surface area contributed by atoms with Crippen molar-refractivity contribution in [2.75, 3.05) is 11.5 Å². The van der Waals surface area contributed by atoms with Gasteiger partial charge < -0.3 is 5.11 Å². The van der Waals surface area contributed by atoms with E-state index in [0.29, 0.717) is 23.8 Å². The van der Waals surface area contributed by atoms with Gasteiger partial charge in [-0.1, -0.05) is 20.8 Å². The fraction of sp³-hybridized carbons (Fsp3) is 0.733. The van der Waals surface area contributed by atoms with Crippen LogP contribution in [0.3, 0.4) is 0 Å². The monoisotopic (exact) mass is 316 g/mol. The summed E-state index contributed by atoms with van der Waals surface area (Å²) in [5.74, 6) is 1.72. The predicted molar refractivity (Wildman–Crippen MR) is 87.4 cm³/mol. The molecule has 1 aliphatic carbocycles. The highest BCUT2D eigenvalue weighted by molar-refractivity contribution is 8.17. The zero-order valence-electron chi connectivity index (χ0n) is 12.5. The van der Waals surface area contributed by atoms with Crippen LogP contribution >= 0.6 is 23.5 Å². The number of aliphatic hydroxyl groups is 1. The topological polar surface area (TPSA) is 54.4 Å². The van der Waals surface area contributed by atoms with Crippen LogP contribution in [0, 0.1) is 5.92 Å². The molecule has 3 nitrogen and oxygen atoms in total. The summed E-state index contributed by atoms with van der Waals surface area (Å²) in [4.78, 5) is 24.4. The Balaban J connectivity index is 2.84. The third kappa shape index (κ3) is 4.55. The molecule has 0 bridgehead atoms. The normalized spacial score (nSPS) is 19.8. The van der Waals surface area contributed by atoms with Gasteiger partial charge in [0.15, 0.2) is 11.6 Å². The van der Waals surface area contributed by atoms with Crippen LogP contribution in [0.2, 0.25) is 0 Å². The Hall–Kier alpha value is -0.420. The number of carbonyl (C=O) groups is 2. The molecule has 0 spiro atoms. The smallest absolute Gasteiger partial charge is 0.170 e. The third-order valence-electron chi connectivity index (χ3n) is 3.27. The van der Waals surface area contributed by atoms with Crippen LogP contribution in [0.1, 0.15) is 46.5 Å². The lowest BCUT2D eigenvalue weighted by Gasteiger charge is -2.29. The molecule has 0 aromatic rings. The molecule has 20 heavy (non-hydrogen) atoms. The minimum absolute atomic E-state index is 0.0104. The molecule has 0 aromatic carbocycles. The zero-order chi connectivity index (χ0) is 15.1. The number of hydrogen-bond donors (Lipinski definition) is 1. The van der Waals surface area contributed by atoms with Gasteiger partial charge in [0, 0.05) is 19.3 Å². The Morgan fingerprint density at radius 3 is 2.05 bits per heavy atom. The summed E-state index contributed by atoms with van der Waals surface area (Å²) in [5, 5.41) is 9.87. The Morgan fingerprint density at radius 1 is 1.15 bits per heavy atom. The van der Waals surface area contributed by atoms with Crippen LogP contribution in [0.4, 0.5) is 0 Å². The quantitative estimate of drug-likeness (QED) is 0.333. The van der Waals surface area contributed by atoms with Gasteiger partial charge in [0.05, 0.1) is 10.2 Å². The van der Waals surface area contributed by atoms with Crippen molar-refractivity contribution >= 4 is 35.1 Å². The van der Waals surface area contributed by atoms with E-state index in [1.165, 1.54) is 0 Å². The Bertz CT molecular complexity index is 365. The first-order chi connectivity index (χ1) is 9.54. The summed E-state index contributed by atoms with van der Waals surface area (Å²) in [6.07, 6.45) is 1.92. The van der Waals surface area contributed by atoms with Gasteiger partial charge in [0.25, 0.3) is 0 Å². The van der Waals surface area contributed by atoms with Gasteiger partial charge >= 0.3 is 0 Å². The average Bonchev–Trinajstić information content (AvgIpc) is 2.38. The second-order valence-corrected chi connectivity index (χ2v) is 8.00. The summed E-state index contributed by atoms with van der Waals surface area (Å²) < 4.78 is 0.299. The summed E-state index contributed by atoms with van der Waals surface area (Å²) >= 11 is 3.62. The molecular formula is C15H24O3S2. The Morgan fingerprint density at radius 2 is 1.65 bits per heavy atom. The number of Topliss-reactive ketones (excluding diaryl/α,β-unsaturated/α-hetero) is 2. The first-order valence-electron chi connectivity index (χ1n) is 7.26. The SMILES string of the molecule is CCCC(O)=C1C(=O)CC(C(SCC)SCC)CC1=O. The number of aliphatic hydroxyl groups excluding tert-OH is 1. The van der Waals surface area contributed by atoms with Gasteiger partial charge in [-0.15, -0.1) is 23.5 Å². The van der Waals surface area contributed by atoms with Crippen molar-refractivity contribution in [3.05, 3.63) is 11.3 Å². The van der Waals surface area contributed by atoms with Crippen molar-refractivity contribution in [3.63, 3.8) is 0 Å². The van der Waals surface area contributed by atoms with E-state index in [1.54, 1.807) is 0 Å². The second kappa shape index (κ2) is 8.78. The Kier molecular flexibility index (Phi) is 7.74. The lowest BCUT2D eigenvalue weighted by Crippen LogP contribution is -2.31. The second-order valence-electron chi connectivity index (χ2n) is 4.87. The molecule has 0 aliphatic heterocycles. The maximum Gasteiger partial charge on any atom is 0.170 e. The molecule has 1 fully saturated rings. The van der Waals surface area contributed by atoms with E-state index in [2.05, 4.69) is 13.8 Å². The van der Waals surface area contributed by atoms with Gasteiger partial charge in [-0.3, -0.25) is 9.59 Å². The lowest BCUT2D eigenvalue weighted by atomic mass is 9.83. The maximum atomic E-state index is 12.2. The minimum Gasteiger partial charge on any atom is -0.511 e. The summed E-state index contributed by atoms with van der Waals surface area (Å²) in [7, 11) is 0. The van der Waals surface area contributed by atoms with Crippen LogP contribution in [-0.2, 0) is 9.59 Å². The molecule has 114 valence electrons. The van der Waals surface area contributed by atoms with E-state index >= 15 is 0 Å². The number of rotatable bonds is 7. The van der Waals surface area contributed by atoms with Crippen molar-refractivity contribution in [2.45, 2.75) is 51.0 Å². The number of ketones is 2. The summed E-state index contributed by atoms with van der Waals surface area (Å²) in [5.41, 5.74) is 0.0739. The van der Waals surface area contributed by atoms with Gasteiger partial charge in [0.1, 0.15) is 5.76 Å². The number of allylic oxidation sites excluding steroid dienone is 2. The third-order valence-corrected chi connectivity index (χ3v) is 6.19. The minimum atomic E-state index is -0.171. The van der Waals surface area contributed by atoms with Crippen molar-refractivity contribution < 1.29 is 14.7 Å². The van der Waals surface area contributed by atoms with Crippen LogP contribution in [0.5, 0.6) is 0 Å². The molecule has 0 heterocycles. The maximum absolute atomic E-state index is 12.2. The molecule has 1 N–H and O–H groups in total. The number of carbonyl (C=O) groups excluding carboxylic acids is 2. The van der Waals surface area contributed by atoms with Crippen molar-refractivity contribution in [1.29, 1.82) is 0 Å². The molecule has 5 heteroatoms. The van der Waals surface area contributed by atoms with Gasteiger partial charge in [0.2, 0.25) is 0 Å². The first-order valence-corrected chi connectivity index (χ1v) is 9.36. The molecule has 0 aromatic heterocycles. The van der Waals surface area contributed by atoms with Crippen LogP contribution < -0.4 is 0 Å². The van der Waals surface area contributed by atoms with Crippen LogP contribution in [0.15, 0.2) is 11.3 Å². The fourth-order valence-electron chi connectivity index (χ4n) is 2.43. The van der Waals surface area contributed by atoms with E-state index in [0.717, 1.165) is 17.9 Å². The molecule has 0 unspecified atom stereocenters. The molecule has 0 radical (unpaired) electrons. The first kappa shape index (κ1) is 17.6. The van der Waals surface area contributed by atoms with Gasteiger partial charge in [-0.25, -0.2) is 0 Å². The largest absolute Gasteiger partial charge is 0.511 e. The zero-order valence-corrected chi connectivity index (χ0v) is 14.1. The average molecular weight is 316 g/mol. The molecule has 1 saturated carbocycles. The molecular weight excluding hydrogens is 292 g/mol. The van der Waals surface area contributed by atoms with Crippen molar-refractivity contribution in [1.82, 2.24) is 0 Å². The molecule has 1 aliphatic rings. The number of thioether (sulfide) groups is 2. The van der Waals surface area contributed by atoms with E-state index in [-0.39, 0.29) is 28.8 Å². The molecule has 0 saturated heterocycles. The van der Waals surface area contributed by atoms with Crippen molar-refractivity contribution in [2.24, 2.45) is 5.92 Å². The molecule has 1 rings (SSSR count). The van der Waals surface area contributed by atoms with Gasteiger partial charge in [-0.2, -0.15) is 0 Å². The predicted octanol–water partition coefficient (Wildman–Crippen LogP) is 3.98. The highest BCUT2D eigenvalue weighted by Crippen LogP contribution is 2.38. The van der Waals surface area contributed by atoms with Crippen molar-refractivity contribution in [3.8, 4) is 0 Å². The van der Waals surface area contributed by atoms with E-state index in [9.17, 15) is 14.7 Å². The van der Waals surface area contributed by atoms with E-state index < -0.39 is 0 Å². The van der Waals surface area contributed by atoms with Crippen LogP contribution in [0.25, 0.3) is 0 Å². The molecule has 0 atom stereocenters. The lowest BCUT2D eigenvalue weighted by molar-refractivity contribution is -0.125. The van der Waals surface area contributed by atoms with Gasteiger partial charge in [-0.05, 0) is 23.8 Å². The highest BCUT2D eigenvalue weighted by Gasteiger charge is 2.36. The molecule has 0 amide bonds. The van der Waals surface area contributed by atoms with E-state index in [4.69, 9.17) is 0 Å². The van der Waals surface area contributed by atoms with E-state index in [1.807, 2.05) is 30.4 Å².